The molecule has 0 spiro atoms. The molecule has 86 valence electrons. The number of allylic oxidation sites excluding steroid dienone is 1. The van der Waals surface area contributed by atoms with Crippen LogP contribution in [0.4, 0.5) is 0 Å². The van der Waals surface area contributed by atoms with E-state index in [9.17, 15) is 0 Å². The molecule has 0 amide bonds. The Bertz CT molecular complexity index is 222. The first-order valence-electron chi connectivity index (χ1n) is 6.14. The lowest BCUT2D eigenvalue weighted by Gasteiger charge is -2.32. The van der Waals surface area contributed by atoms with Crippen molar-refractivity contribution in [2.45, 2.75) is 44.6 Å². The highest BCUT2D eigenvalue weighted by Crippen LogP contribution is 2.28. The van der Waals surface area contributed by atoms with Crippen LogP contribution in [0.15, 0.2) is 11.6 Å². The number of hydrogen-bond acceptors (Lipinski definition) is 3. The van der Waals surface area contributed by atoms with Gasteiger partial charge in [0.2, 0.25) is 0 Å². The van der Waals surface area contributed by atoms with E-state index in [-0.39, 0.29) is 0 Å². The van der Waals surface area contributed by atoms with Crippen LogP contribution in [0, 0.1) is 5.92 Å². The first-order valence-corrected chi connectivity index (χ1v) is 6.14. The number of nitrogens with one attached hydrogen (secondary N) is 1. The Morgan fingerprint density at radius 3 is 2.73 bits per heavy atom. The summed E-state index contributed by atoms with van der Waals surface area (Å²) in [6.07, 6.45) is 9.81. The van der Waals surface area contributed by atoms with Gasteiger partial charge in [0.05, 0.1) is 0 Å². The summed E-state index contributed by atoms with van der Waals surface area (Å²) in [5.74, 6) is 6.38. The maximum Gasteiger partial charge on any atom is 0.0469 e. The van der Waals surface area contributed by atoms with Crippen LogP contribution in [-0.2, 0) is 4.74 Å². The Morgan fingerprint density at radius 2 is 2.13 bits per heavy atom. The van der Waals surface area contributed by atoms with E-state index in [4.69, 9.17) is 10.6 Å². The smallest absolute Gasteiger partial charge is 0.0469 e. The summed E-state index contributed by atoms with van der Waals surface area (Å²) in [6, 6.07) is 0.397. The van der Waals surface area contributed by atoms with Crippen LogP contribution in [0.5, 0.6) is 0 Å². The zero-order valence-corrected chi connectivity index (χ0v) is 9.37. The second-order valence-corrected chi connectivity index (χ2v) is 4.62. The van der Waals surface area contributed by atoms with Gasteiger partial charge in [0.15, 0.2) is 0 Å². The fourth-order valence-corrected chi connectivity index (χ4v) is 2.74. The number of ether oxygens (including phenoxy) is 1. The summed E-state index contributed by atoms with van der Waals surface area (Å²) in [7, 11) is 0. The fraction of sp³-hybridized carbons (Fsp3) is 0.833. The van der Waals surface area contributed by atoms with Gasteiger partial charge in [0.1, 0.15) is 0 Å². The van der Waals surface area contributed by atoms with Crippen molar-refractivity contribution in [3.8, 4) is 0 Å². The van der Waals surface area contributed by atoms with Crippen molar-refractivity contribution in [1.82, 2.24) is 5.43 Å². The maximum absolute atomic E-state index is 5.70. The van der Waals surface area contributed by atoms with Gasteiger partial charge in [0.25, 0.3) is 0 Å². The van der Waals surface area contributed by atoms with Crippen LogP contribution in [0.3, 0.4) is 0 Å². The minimum atomic E-state index is 0.397. The molecule has 0 bridgehead atoms. The topological polar surface area (TPSA) is 47.3 Å². The van der Waals surface area contributed by atoms with Gasteiger partial charge in [0, 0.05) is 19.3 Å². The number of hydrogen-bond donors (Lipinski definition) is 2. The molecule has 3 nitrogen and oxygen atoms in total. The lowest BCUT2D eigenvalue weighted by molar-refractivity contribution is 0.0574. The van der Waals surface area contributed by atoms with Gasteiger partial charge in [-0.3, -0.25) is 11.3 Å². The van der Waals surface area contributed by atoms with E-state index in [1.54, 1.807) is 0 Å². The average Bonchev–Trinajstić information content (AvgIpc) is 2.33. The van der Waals surface area contributed by atoms with Crippen LogP contribution in [0.1, 0.15) is 38.5 Å². The van der Waals surface area contributed by atoms with Crippen molar-refractivity contribution >= 4 is 0 Å². The Morgan fingerprint density at radius 1 is 1.33 bits per heavy atom. The maximum atomic E-state index is 5.70. The number of rotatable bonds is 3. The van der Waals surface area contributed by atoms with Gasteiger partial charge < -0.3 is 4.74 Å². The predicted octanol–water partition coefficient (Wildman–Crippen LogP) is 1.75. The molecule has 15 heavy (non-hydrogen) atoms. The van der Waals surface area contributed by atoms with Crippen molar-refractivity contribution in [1.29, 1.82) is 0 Å². The van der Waals surface area contributed by atoms with Crippen molar-refractivity contribution in [3.63, 3.8) is 0 Å². The molecule has 1 fully saturated rings. The second-order valence-electron chi connectivity index (χ2n) is 4.62. The Labute approximate surface area is 92.0 Å². The van der Waals surface area contributed by atoms with Crippen LogP contribution in [0.25, 0.3) is 0 Å². The van der Waals surface area contributed by atoms with Crippen LogP contribution in [0.2, 0.25) is 0 Å². The molecule has 1 aliphatic heterocycles. The number of nitrogens with two attached hydrogens (primary N) is 1. The van der Waals surface area contributed by atoms with Crippen molar-refractivity contribution in [3.05, 3.63) is 11.6 Å². The normalized spacial score (nSPS) is 26.1. The molecule has 1 atom stereocenters. The molecule has 1 saturated heterocycles. The van der Waals surface area contributed by atoms with E-state index < -0.39 is 0 Å². The highest BCUT2D eigenvalue weighted by molar-refractivity contribution is 5.14. The van der Waals surface area contributed by atoms with Crippen molar-refractivity contribution in [2.75, 3.05) is 13.2 Å². The third-order valence-electron chi connectivity index (χ3n) is 3.64. The summed E-state index contributed by atoms with van der Waals surface area (Å²) in [5.41, 5.74) is 4.56. The first kappa shape index (κ1) is 11.1. The molecule has 3 heteroatoms. The SMILES string of the molecule is NNC(C1=CCCCC1)C1CCOCC1. The van der Waals surface area contributed by atoms with Crippen molar-refractivity contribution < 1.29 is 4.74 Å². The summed E-state index contributed by atoms with van der Waals surface area (Å²) >= 11 is 0. The lowest BCUT2D eigenvalue weighted by atomic mass is 9.83. The van der Waals surface area contributed by atoms with E-state index in [0.717, 1.165) is 26.1 Å². The van der Waals surface area contributed by atoms with Crippen LogP contribution in [-0.4, -0.2) is 19.3 Å². The van der Waals surface area contributed by atoms with E-state index in [1.807, 2.05) is 0 Å². The zero-order valence-electron chi connectivity index (χ0n) is 9.37. The lowest BCUT2D eigenvalue weighted by Crippen LogP contribution is -2.44. The van der Waals surface area contributed by atoms with Gasteiger partial charge in [-0.05, 0) is 44.4 Å². The third kappa shape index (κ3) is 2.80. The molecule has 2 rings (SSSR count). The summed E-state index contributed by atoms with van der Waals surface area (Å²) in [5, 5.41) is 0. The zero-order chi connectivity index (χ0) is 10.5. The van der Waals surface area contributed by atoms with Gasteiger partial charge in [-0.15, -0.1) is 0 Å². The molecule has 1 heterocycles. The van der Waals surface area contributed by atoms with Crippen LogP contribution < -0.4 is 11.3 Å². The minimum absolute atomic E-state index is 0.397. The molecular formula is C12H22N2O. The fourth-order valence-electron chi connectivity index (χ4n) is 2.74. The largest absolute Gasteiger partial charge is 0.381 e. The third-order valence-corrected chi connectivity index (χ3v) is 3.64. The molecule has 1 aliphatic carbocycles. The van der Waals surface area contributed by atoms with E-state index in [0.29, 0.717) is 12.0 Å². The molecule has 0 aromatic rings. The minimum Gasteiger partial charge on any atom is -0.381 e. The molecule has 1 unspecified atom stereocenters. The van der Waals surface area contributed by atoms with Gasteiger partial charge in [-0.1, -0.05) is 11.6 Å². The molecule has 0 radical (unpaired) electrons. The Kier molecular flexibility index (Phi) is 4.18. The summed E-state index contributed by atoms with van der Waals surface area (Å²) in [4.78, 5) is 0. The summed E-state index contributed by atoms with van der Waals surface area (Å²) < 4.78 is 5.39. The van der Waals surface area contributed by atoms with Crippen LogP contribution >= 0.6 is 0 Å². The quantitative estimate of drug-likeness (QED) is 0.424. The van der Waals surface area contributed by atoms with Gasteiger partial charge in [-0.2, -0.15) is 0 Å². The molecule has 0 saturated carbocycles. The van der Waals surface area contributed by atoms with E-state index in [2.05, 4.69) is 11.5 Å². The Balaban J connectivity index is 1.98. The standard InChI is InChI=1S/C12H22N2O/c13-14-12(10-4-2-1-3-5-10)11-6-8-15-9-7-11/h4,11-12,14H,1-3,5-9,13H2. The van der Waals surface area contributed by atoms with Gasteiger partial charge >= 0.3 is 0 Å². The molecule has 2 aliphatic rings. The van der Waals surface area contributed by atoms with Gasteiger partial charge in [-0.25, -0.2) is 0 Å². The van der Waals surface area contributed by atoms with E-state index >= 15 is 0 Å². The highest BCUT2D eigenvalue weighted by Gasteiger charge is 2.26. The molecule has 3 N–H and O–H groups in total. The summed E-state index contributed by atoms with van der Waals surface area (Å²) in [6.45, 7) is 1.80. The monoisotopic (exact) mass is 210 g/mol. The van der Waals surface area contributed by atoms with E-state index in [1.165, 1.54) is 31.3 Å². The number of hydrazine groups is 1. The second kappa shape index (κ2) is 5.64. The Hall–Kier alpha value is -0.380. The predicted molar refractivity (Wildman–Crippen MR) is 61.2 cm³/mol. The molecule has 0 aromatic carbocycles. The molecular weight excluding hydrogens is 188 g/mol. The highest BCUT2D eigenvalue weighted by atomic mass is 16.5. The first-order chi connectivity index (χ1) is 7.42. The van der Waals surface area contributed by atoms with Crippen molar-refractivity contribution in [2.24, 2.45) is 11.8 Å². The molecule has 0 aromatic heterocycles. The average molecular weight is 210 g/mol.